The quantitative estimate of drug-likeness (QED) is 0.731. The number of carbonyl (C=O) groups is 1. The zero-order valence-electron chi connectivity index (χ0n) is 16.8. The largest absolute Gasteiger partial charge is 0.480 e. The molecule has 1 fully saturated rings. The molecule has 1 unspecified atom stereocenters. The van der Waals surface area contributed by atoms with Gasteiger partial charge in [-0.15, -0.1) is 0 Å². The molecule has 0 saturated carbocycles. The molecule has 10 heteroatoms. The topological polar surface area (TPSA) is 82.6 Å². The van der Waals surface area contributed by atoms with Gasteiger partial charge < -0.3 is 19.1 Å². The van der Waals surface area contributed by atoms with Crippen molar-refractivity contribution in [2.24, 2.45) is 5.41 Å². The molecular formula is C21H19F3N4O3. The van der Waals surface area contributed by atoms with Gasteiger partial charge in [-0.05, 0) is 24.3 Å². The molecule has 1 amide bonds. The first kappa shape index (κ1) is 20.8. The molecule has 31 heavy (non-hydrogen) atoms. The number of fused-ring (bicyclic) bond motifs is 1. The molecule has 0 spiro atoms. The van der Waals surface area contributed by atoms with Gasteiger partial charge in [0.15, 0.2) is 11.5 Å². The van der Waals surface area contributed by atoms with E-state index in [1.54, 1.807) is 11.1 Å². The smallest absolute Gasteiger partial charge is 0.417 e. The van der Waals surface area contributed by atoms with E-state index in [2.05, 4.69) is 5.16 Å². The Balaban J connectivity index is 1.53. The molecular weight excluding hydrogens is 413 g/mol. The van der Waals surface area contributed by atoms with Gasteiger partial charge in [0.25, 0.3) is 5.91 Å². The Kier molecular flexibility index (Phi) is 4.92. The van der Waals surface area contributed by atoms with Gasteiger partial charge in [-0.1, -0.05) is 19.0 Å². The van der Waals surface area contributed by atoms with Crippen LogP contribution in [0.4, 0.5) is 13.2 Å². The lowest BCUT2D eigenvalue weighted by Gasteiger charge is -2.27. The minimum atomic E-state index is -4.70. The Morgan fingerprint density at radius 1 is 1.39 bits per heavy atom. The number of likely N-dealkylation sites (tertiary alicyclic amines) is 1. The Bertz CT molecular complexity index is 1180. The normalized spacial score (nSPS) is 20.0. The third kappa shape index (κ3) is 3.95. The third-order valence-corrected chi connectivity index (χ3v) is 5.33. The van der Waals surface area contributed by atoms with Crippen molar-refractivity contribution in [3.63, 3.8) is 0 Å². The van der Waals surface area contributed by atoms with E-state index in [0.29, 0.717) is 25.2 Å². The number of hydrogen-bond acceptors (Lipinski definition) is 6. The standard InChI is InChI=1S/C21H19F3N4O3/c1-20(2)11-28(12-27-6-5-17-14(10-27)9-26-31-17)19(29)18(20)30-15-4-3-13(8-25)16(7-15)21(22,23)24/h3-5,7,9-10,18H,6,11-12H2,1-2H3. The summed E-state index contributed by atoms with van der Waals surface area (Å²) in [6, 6.07) is 4.63. The lowest BCUT2D eigenvalue weighted by Crippen LogP contribution is -2.42. The van der Waals surface area contributed by atoms with Gasteiger partial charge in [-0.2, -0.15) is 18.4 Å². The van der Waals surface area contributed by atoms with Crippen molar-refractivity contribution in [2.75, 3.05) is 19.8 Å². The number of alkyl halides is 3. The van der Waals surface area contributed by atoms with Gasteiger partial charge in [0.05, 0.1) is 35.3 Å². The molecule has 3 heterocycles. The van der Waals surface area contributed by atoms with Crippen molar-refractivity contribution in [1.82, 2.24) is 15.0 Å². The first-order valence-corrected chi connectivity index (χ1v) is 9.52. The molecule has 1 saturated heterocycles. The predicted molar refractivity (Wildman–Crippen MR) is 102 cm³/mol. The van der Waals surface area contributed by atoms with Crippen LogP contribution in [-0.2, 0) is 11.0 Å². The summed E-state index contributed by atoms with van der Waals surface area (Å²) in [6.45, 7) is 4.86. The van der Waals surface area contributed by atoms with Crippen LogP contribution in [0, 0.1) is 16.7 Å². The number of hydrogen-bond donors (Lipinski definition) is 0. The van der Waals surface area contributed by atoms with Crippen LogP contribution in [0.2, 0.25) is 0 Å². The lowest BCUT2D eigenvalue weighted by molar-refractivity contribution is -0.138. The summed E-state index contributed by atoms with van der Waals surface area (Å²) >= 11 is 0. The van der Waals surface area contributed by atoms with Crippen molar-refractivity contribution in [1.29, 1.82) is 5.26 Å². The Labute approximate surface area is 175 Å². The molecule has 0 bridgehead atoms. The van der Waals surface area contributed by atoms with Gasteiger partial charge in [0.1, 0.15) is 5.75 Å². The second-order valence-electron chi connectivity index (χ2n) is 8.23. The zero-order chi connectivity index (χ0) is 22.4. The highest BCUT2D eigenvalue weighted by atomic mass is 19.4. The first-order chi connectivity index (χ1) is 14.6. The van der Waals surface area contributed by atoms with Crippen LogP contribution < -0.4 is 15.4 Å². The highest BCUT2D eigenvalue weighted by Crippen LogP contribution is 2.37. The SMILES string of the molecule is CC1(C)CN(CN2C=c3cnoc3=CC2)C(=O)C1Oc1ccc(C#N)c(C(F)(F)F)c1. The fourth-order valence-corrected chi connectivity index (χ4v) is 3.82. The van der Waals surface area contributed by atoms with Crippen molar-refractivity contribution in [3.05, 3.63) is 46.2 Å². The van der Waals surface area contributed by atoms with Crippen LogP contribution in [-0.4, -0.2) is 46.7 Å². The number of carbonyl (C=O) groups excluding carboxylic acids is 1. The number of ether oxygens (including phenoxy) is 1. The van der Waals surface area contributed by atoms with Crippen LogP contribution in [0.5, 0.6) is 5.75 Å². The summed E-state index contributed by atoms with van der Waals surface area (Å²) in [6.07, 6.45) is -0.370. The van der Waals surface area contributed by atoms with Crippen LogP contribution in [0.3, 0.4) is 0 Å². The van der Waals surface area contributed by atoms with Gasteiger partial charge in [-0.25, -0.2) is 0 Å². The van der Waals surface area contributed by atoms with Crippen molar-refractivity contribution >= 4 is 18.2 Å². The summed E-state index contributed by atoms with van der Waals surface area (Å²) in [4.78, 5) is 16.6. The average molecular weight is 432 g/mol. The summed E-state index contributed by atoms with van der Waals surface area (Å²) in [5.41, 5.74) is -1.54. The maximum Gasteiger partial charge on any atom is 0.417 e. The molecule has 2 aliphatic heterocycles. The summed E-state index contributed by atoms with van der Waals surface area (Å²) in [5, 5.41) is 13.5. The summed E-state index contributed by atoms with van der Waals surface area (Å²) in [5.74, 6) is -0.418. The average Bonchev–Trinajstić information content (AvgIpc) is 3.25. The molecule has 7 nitrogen and oxygen atoms in total. The maximum atomic E-state index is 13.3. The molecule has 0 aliphatic carbocycles. The Morgan fingerprint density at radius 2 is 2.16 bits per heavy atom. The number of nitrogens with zero attached hydrogens (tertiary/aromatic N) is 4. The van der Waals surface area contributed by atoms with E-state index in [0.717, 1.165) is 17.4 Å². The molecule has 0 N–H and O–H groups in total. The number of halogens is 3. The number of aromatic nitrogens is 1. The monoisotopic (exact) mass is 432 g/mol. The van der Waals surface area contributed by atoms with E-state index in [4.69, 9.17) is 14.5 Å². The molecule has 4 rings (SSSR count). The molecule has 0 radical (unpaired) electrons. The van der Waals surface area contributed by atoms with E-state index in [1.807, 2.05) is 31.0 Å². The van der Waals surface area contributed by atoms with Gasteiger partial charge in [0.2, 0.25) is 0 Å². The Morgan fingerprint density at radius 3 is 2.87 bits per heavy atom. The highest BCUT2D eigenvalue weighted by Gasteiger charge is 2.48. The molecule has 2 aliphatic rings. The fourth-order valence-electron chi connectivity index (χ4n) is 3.82. The van der Waals surface area contributed by atoms with Crippen molar-refractivity contribution in [3.8, 4) is 11.8 Å². The van der Waals surface area contributed by atoms with Crippen LogP contribution in [0.15, 0.2) is 28.9 Å². The second kappa shape index (κ2) is 7.34. The van der Waals surface area contributed by atoms with E-state index in [1.165, 1.54) is 12.1 Å². The summed E-state index contributed by atoms with van der Waals surface area (Å²) in [7, 11) is 0. The minimum Gasteiger partial charge on any atom is -0.480 e. The number of nitriles is 1. The number of amides is 1. The Hall–Kier alpha value is -3.48. The lowest BCUT2D eigenvalue weighted by atomic mass is 9.89. The second-order valence-corrected chi connectivity index (χ2v) is 8.23. The fraction of sp³-hybridized carbons (Fsp3) is 0.381. The van der Waals surface area contributed by atoms with Crippen LogP contribution in [0.1, 0.15) is 25.0 Å². The van der Waals surface area contributed by atoms with Crippen LogP contribution >= 0.6 is 0 Å². The van der Waals surface area contributed by atoms with Gasteiger partial charge in [-0.3, -0.25) is 4.79 Å². The van der Waals surface area contributed by atoms with Crippen LogP contribution in [0.25, 0.3) is 12.3 Å². The van der Waals surface area contributed by atoms with E-state index in [9.17, 15) is 18.0 Å². The zero-order valence-corrected chi connectivity index (χ0v) is 16.8. The van der Waals surface area contributed by atoms with Crippen molar-refractivity contribution < 1.29 is 27.2 Å². The summed E-state index contributed by atoms with van der Waals surface area (Å²) < 4.78 is 50.6. The molecule has 1 aromatic heterocycles. The van der Waals surface area contributed by atoms with E-state index >= 15 is 0 Å². The predicted octanol–water partition coefficient (Wildman–Crippen LogP) is 1.67. The van der Waals surface area contributed by atoms with Gasteiger partial charge >= 0.3 is 6.18 Å². The van der Waals surface area contributed by atoms with Gasteiger partial charge in [0, 0.05) is 24.7 Å². The third-order valence-electron chi connectivity index (χ3n) is 5.33. The molecule has 1 aromatic carbocycles. The van der Waals surface area contributed by atoms with Crippen molar-refractivity contribution in [2.45, 2.75) is 26.1 Å². The number of rotatable bonds is 4. The minimum absolute atomic E-state index is 0.105. The molecule has 1 atom stereocenters. The highest BCUT2D eigenvalue weighted by molar-refractivity contribution is 5.84. The molecule has 2 aromatic rings. The molecule has 162 valence electrons. The number of benzene rings is 1. The first-order valence-electron chi connectivity index (χ1n) is 9.52. The maximum absolute atomic E-state index is 13.3. The van der Waals surface area contributed by atoms with E-state index in [-0.39, 0.29) is 11.7 Å². The van der Waals surface area contributed by atoms with E-state index < -0.39 is 28.8 Å².